The molecule has 0 bridgehead atoms. The molecule has 1 aromatic carbocycles. The van der Waals surface area contributed by atoms with Crippen molar-refractivity contribution in [3.63, 3.8) is 0 Å². The van der Waals surface area contributed by atoms with Crippen LogP contribution in [0.25, 0.3) is 0 Å². The standard InChI is InChI=1S/C10H15N3OS/c1-15-5-4-13-9-3-2-7(10(12)14)6-8(9)11/h2-3,6,13H,4-5,11H2,1H3,(H2,12,14). The van der Waals surface area contributed by atoms with Gasteiger partial charge in [-0.3, -0.25) is 4.79 Å². The predicted molar refractivity (Wildman–Crippen MR) is 66.2 cm³/mol. The number of carbonyl (C=O) groups is 1. The van der Waals surface area contributed by atoms with Gasteiger partial charge in [-0.05, 0) is 24.5 Å². The lowest BCUT2D eigenvalue weighted by Crippen LogP contribution is -2.12. The normalized spacial score (nSPS) is 9.93. The Hall–Kier alpha value is -1.36. The molecule has 4 nitrogen and oxygen atoms in total. The second-order valence-electron chi connectivity index (χ2n) is 3.09. The number of hydrogen-bond donors (Lipinski definition) is 3. The number of rotatable bonds is 5. The summed E-state index contributed by atoms with van der Waals surface area (Å²) >= 11 is 1.76. The maximum Gasteiger partial charge on any atom is 0.248 e. The number of hydrogen-bond acceptors (Lipinski definition) is 4. The summed E-state index contributed by atoms with van der Waals surface area (Å²) in [6.07, 6.45) is 2.04. The zero-order valence-electron chi connectivity index (χ0n) is 8.62. The molecule has 0 spiro atoms. The van der Waals surface area contributed by atoms with Crippen molar-refractivity contribution in [3.8, 4) is 0 Å². The van der Waals surface area contributed by atoms with E-state index < -0.39 is 5.91 Å². The van der Waals surface area contributed by atoms with Gasteiger partial charge in [-0.1, -0.05) is 0 Å². The fraction of sp³-hybridized carbons (Fsp3) is 0.300. The van der Waals surface area contributed by atoms with Gasteiger partial charge in [-0.25, -0.2) is 0 Å². The number of nitrogen functional groups attached to an aromatic ring is 1. The van der Waals surface area contributed by atoms with Crippen LogP contribution < -0.4 is 16.8 Å². The first-order valence-corrected chi connectivity index (χ1v) is 5.96. The van der Waals surface area contributed by atoms with Crippen molar-refractivity contribution in [1.82, 2.24) is 0 Å². The van der Waals surface area contributed by atoms with Crippen LogP contribution in [0.5, 0.6) is 0 Å². The number of benzene rings is 1. The number of thioether (sulfide) groups is 1. The monoisotopic (exact) mass is 225 g/mol. The van der Waals surface area contributed by atoms with Gasteiger partial charge in [0.05, 0.1) is 11.4 Å². The van der Waals surface area contributed by atoms with E-state index in [4.69, 9.17) is 11.5 Å². The van der Waals surface area contributed by atoms with Crippen LogP contribution in [-0.2, 0) is 0 Å². The summed E-state index contributed by atoms with van der Waals surface area (Å²) in [4.78, 5) is 10.9. The van der Waals surface area contributed by atoms with Crippen molar-refractivity contribution in [3.05, 3.63) is 23.8 Å². The number of primary amides is 1. The van der Waals surface area contributed by atoms with Crippen molar-refractivity contribution < 1.29 is 4.79 Å². The van der Waals surface area contributed by atoms with E-state index in [9.17, 15) is 4.79 Å². The Morgan fingerprint density at radius 2 is 2.27 bits per heavy atom. The molecule has 0 aromatic heterocycles. The summed E-state index contributed by atoms with van der Waals surface area (Å²) in [6.45, 7) is 0.848. The topological polar surface area (TPSA) is 81.1 Å². The zero-order valence-corrected chi connectivity index (χ0v) is 9.43. The lowest BCUT2D eigenvalue weighted by molar-refractivity contribution is 0.100. The van der Waals surface area contributed by atoms with Gasteiger partial charge in [0, 0.05) is 17.9 Å². The highest BCUT2D eigenvalue weighted by Gasteiger charge is 2.03. The molecule has 0 atom stereocenters. The van der Waals surface area contributed by atoms with Gasteiger partial charge in [-0.2, -0.15) is 11.8 Å². The second kappa shape index (κ2) is 5.50. The average molecular weight is 225 g/mol. The van der Waals surface area contributed by atoms with E-state index in [1.54, 1.807) is 30.0 Å². The van der Waals surface area contributed by atoms with Gasteiger partial charge in [0.15, 0.2) is 0 Å². The fourth-order valence-electron chi connectivity index (χ4n) is 1.16. The SMILES string of the molecule is CSCCNc1ccc(C(N)=O)cc1N. The molecule has 1 amide bonds. The van der Waals surface area contributed by atoms with Crippen LogP contribution in [0.2, 0.25) is 0 Å². The largest absolute Gasteiger partial charge is 0.397 e. The van der Waals surface area contributed by atoms with Crippen LogP contribution >= 0.6 is 11.8 Å². The highest BCUT2D eigenvalue weighted by Crippen LogP contribution is 2.19. The van der Waals surface area contributed by atoms with Crippen LogP contribution in [0, 0.1) is 0 Å². The Kier molecular flexibility index (Phi) is 4.30. The van der Waals surface area contributed by atoms with Crippen LogP contribution in [0.15, 0.2) is 18.2 Å². The van der Waals surface area contributed by atoms with Crippen LogP contribution in [-0.4, -0.2) is 24.5 Å². The molecule has 15 heavy (non-hydrogen) atoms. The number of carbonyl (C=O) groups excluding carboxylic acids is 1. The predicted octanol–water partition coefficient (Wildman–Crippen LogP) is 1.14. The molecule has 1 rings (SSSR count). The van der Waals surface area contributed by atoms with Gasteiger partial charge in [0.25, 0.3) is 0 Å². The molecular formula is C10H15N3OS. The van der Waals surface area contributed by atoms with Crippen molar-refractivity contribution in [1.29, 1.82) is 0 Å². The maximum atomic E-state index is 10.9. The average Bonchev–Trinajstić information content (AvgIpc) is 2.20. The van der Waals surface area contributed by atoms with Crippen molar-refractivity contribution in [2.24, 2.45) is 5.73 Å². The molecule has 0 saturated heterocycles. The minimum Gasteiger partial charge on any atom is -0.397 e. The van der Waals surface area contributed by atoms with E-state index in [0.717, 1.165) is 18.0 Å². The molecule has 1 aromatic rings. The summed E-state index contributed by atoms with van der Waals surface area (Å²) in [6, 6.07) is 5.03. The van der Waals surface area contributed by atoms with E-state index in [1.165, 1.54) is 0 Å². The maximum absolute atomic E-state index is 10.9. The van der Waals surface area contributed by atoms with Gasteiger partial charge in [0.1, 0.15) is 0 Å². The third kappa shape index (κ3) is 3.36. The van der Waals surface area contributed by atoms with Crippen LogP contribution in [0.1, 0.15) is 10.4 Å². The molecule has 0 aliphatic carbocycles. The van der Waals surface area contributed by atoms with Crippen molar-refractivity contribution in [2.75, 3.05) is 29.6 Å². The molecular weight excluding hydrogens is 210 g/mol. The molecule has 0 saturated carbocycles. The molecule has 5 heteroatoms. The summed E-state index contributed by atoms with van der Waals surface area (Å²) in [7, 11) is 0. The second-order valence-corrected chi connectivity index (χ2v) is 4.07. The van der Waals surface area contributed by atoms with E-state index in [-0.39, 0.29) is 0 Å². The summed E-state index contributed by atoms with van der Waals surface area (Å²) in [5.41, 5.74) is 12.7. The van der Waals surface area contributed by atoms with Crippen LogP contribution in [0.3, 0.4) is 0 Å². The highest BCUT2D eigenvalue weighted by atomic mass is 32.2. The quantitative estimate of drug-likeness (QED) is 0.518. The number of anilines is 2. The van der Waals surface area contributed by atoms with E-state index in [2.05, 4.69) is 5.32 Å². The van der Waals surface area contributed by atoms with Gasteiger partial charge in [0.2, 0.25) is 5.91 Å². The minimum atomic E-state index is -0.461. The summed E-state index contributed by atoms with van der Waals surface area (Å²) in [5, 5.41) is 3.18. The minimum absolute atomic E-state index is 0.433. The van der Waals surface area contributed by atoms with Gasteiger partial charge >= 0.3 is 0 Å². The lowest BCUT2D eigenvalue weighted by Gasteiger charge is -2.09. The Morgan fingerprint density at radius 3 is 2.80 bits per heavy atom. The molecule has 0 heterocycles. The Labute approximate surface area is 93.4 Å². The van der Waals surface area contributed by atoms with E-state index in [1.807, 2.05) is 6.26 Å². The Bertz CT molecular complexity index is 355. The summed E-state index contributed by atoms with van der Waals surface area (Å²) in [5.74, 6) is 0.550. The first-order valence-electron chi connectivity index (χ1n) is 4.57. The Morgan fingerprint density at radius 1 is 1.53 bits per heavy atom. The van der Waals surface area contributed by atoms with Crippen molar-refractivity contribution >= 4 is 29.0 Å². The molecule has 0 aliphatic heterocycles. The number of amides is 1. The molecule has 0 aliphatic rings. The van der Waals surface area contributed by atoms with E-state index >= 15 is 0 Å². The molecule has 0 radical (unpaired) electrons. The highest BCUT2D eigenvalue weighted by molar-refractivity contribution is 7.98. The van der Waals surface area contributed by atoms with Gasteiger partial charge in [-0.15, -0.1) is 0 Å². The third-order valence-electron chi connectivity index (χ3n) is 1.96. The fourth-order valence-corrected chi connectivity index (χ4v) is 1.47. The van der Waals surface area contributed by atoms with E-state index in [0.29, 0.717) is 11.3 Å². The third-order valence-corrected chi connectivity index (χ3v) is 2.57. The first-order chi connectivity index (χ1) is 7.15. The molecule has 82 valence electrons. The Balaban J connectivity index is 2.70. The molecule has 5 N–H and O–H groups in total. The van der Waals surface area contributed by atoms with Crippen molar-refractivity contribution in [2.45, 2.75) is 0 Å². The van der Waals surface area contributed by atoms with Gasteiger partial charge < -0.3 is 16.8 Å². The zero-order chi connectivity index (χ0) is 11.3. The van der Waals surface area contributed by atoms with Crippen LogP contribution in [0.4, 0.5) is 11.4 Å². The number of nitrogens with two attached hydrogens (primary N) is 2. The lowest BCUT2D eigenvalue weighted by atomic mass is 10.1. The smallest absolute Gasteiger partial charge is 0.248 e. The number of nitrogens with one attached hydrogen (secondary N) is 1. The molecule has 0 unspecified atom stereocenters. The summed E-state index contributed by atoms with van der Waals surface area (Å²) < 4.78 is 0. The molecule has 0 fully saturated rings. The first kappa shape index (κ1) is 11.7.